The van der Waals surface area contributed by atoms with Crippen LogP contribution in [0.1, 0.15) is 44.2 Å². The first-order chi connectivity index (χ1) is 10.1. The molecule has 0 bridgehead atoms. The van der Waals surface area contributed by atoms with Crippen LogP contribution in [0.5, 0.6) is 0 Å². The number of sulfonamides is 1. The molecule has 2 aliphatic rings. The van der Waals surface area contributed by atoms with E-state index in [4.69, 9.17) is 5.73 Å². The zero-order valence-corrected chi connectivity index (χ0v) is 13.1. The van der Waals surface area contributed by atoms with Gasteiger partial charge in [0.1, 0.15) is 4.90 Å². The molecule has 5 nitrogen and oxygen atoms in total. The first-order valence-corrected chi connectivity index (χ1v) is 9.24. The van der Waals surface area contributed by atoms with Crippen LogP contribution in [-0.4, -0.2) is 30.3 Å². The Morgan fingerprint density at radius 2 is 2.00 bits per heavy atom. The van der Waals surface area contributed by atoms with Crippen molar-refractivity contribution in [3.8, 4) is 0 Å². The number of nitrogens with zero attached hydrogens (tertiary/aromatic N) is 2. The second kappa shape index (κ2) is 6.02. The quantitative estimate of drug-likeness (QED) is 0.925. The van der Waals surface area contributed by atoms with Gasteiger partial charge in [0.2, 0.25) is 10.0 Å². The summed E-state index contributed by atoms with van der Waals surface area (Å²) in [6, 6.07) is 3.48. The molecule has 6 heteroatoms. The molecule has 2 N–H and O–H groups in total. The predicted molar refractivity (Wildman–Crippen MR) is 81.0 cm³/mol. The highest BCUT2D eigenvalue weighted by Crippen LogP contribution is 2.38. The summed E-state index contributed by atoms with van der Waals surface area (Å²) in [5.41, 5.74) is 6.13. The Kier molecular flexibility index (Phi) is 4.28. The fraction of sp³-hybridized carbons (Fsp3) is 0.667. The number of hydrogen-bond acceptors (Lipinski definition) is 4. The van der Waals surface area contributed by atoms with Crippen LogP contribution in [0.3, 0.4) is 0 Å². The fourth-order valence-electron chi connectivity index (χ4n) is 3.82. The molecule has 116 valence electrons. The second-order valence-electron chi connectivity index (χ2n) is 6.02. The largest absolute Gasteiger partial charge is 0.325 e. The van der Waals surface area contributed by atoms with Crippen molar-refractivity contribution in [1.82, 2.24) is 9.29 Å². The number of fused-ring (bicyclic) bond motifs is 1. The lowest BCUT2D eigenvalue weighted by Gasteiger charge is -2.43. The molecule has 3 rings (SSSR count). The van der Waals surface area contributed by atoms with Crippen molar-refractivity contribution in [3.05, 3.63) is 24.0 Å². The van der Waals surface area contributed by atoms with Gasteiger partial charge in [-0.05, 0) is 43.7 Å². The number of rotatable bonds is 3. The number of pyridine rings is 1. The summed E-state index contributed by atoms with van der Waals surface area (Å²) in [4.78, 5) is 4.42. The van der Waals surface area contributed by atoms with Crippen LogP contribution in [0.25, 0.3) is 0 Å². The molecule has 1 saturated carbocycles. The minimum atomic E-state index is -3.48. The molecule has 0 unspecified atom stereocenters. The average Bonchev–Trinajstić information content (AvgIpc) is 2.54. The Labute approximate surface area is 126 Å². The molecular formula is C15H23N3O2S. The molecule has 2 fully saturated rings. The predicted octanol–water partition coefficient (Wildman–Crippen LogP) is 1.88. The van der Waals surface area contributed by atoms with Crippen molar-refractivity contribution in [2.75, 3.05) is 6.54 Å². The van der Waals surface area contributed by atoms with E-state index in [0.717, 1.165) is 32.1 Å². The minimum absolute atomic E-state index is 0.150. The van der Waals surface area contributed by atoms with Gasteiger partial charge in [-0.25, -0.2) is 8.42 Å². The Morgan fingerprint density at radius 3 is 2.81 bits per heavy atom. The van der Waals surface area contributed by atoms with Crippen molar-refractivity contribution in [2.45, 2.75) is 56.0 Å². The van der Waals surface area contributed by atoms with Gasteiger partial charge in [-0.2, -0.15) is 4.31 Å². The number of hydrogen-bond donors (Lipinski definition) is 1. The summed E-state index contributed by atoms with van der Waals surface area (Å²) in [5.74, 6) is 0.528. The molecule has 2 atom stereocenters. The summed E-state index contributed by atoms with van der Waals surface area (Å²) >= 11 is 0. The van der Waals surface area contributed by atoms with Crippen LogP contribution in [0.15, 0.2) is 23.2 Å². The molecule has 2 heterocycles. The molecule has 0 spiro atoms. The Morgan fingerprint density at radius 1 is 1.24 bits per heavy atom. The van der Waals surface area contributed by atoms with Crippen LogP contribution in [0.2, 0.25) is 0 Å². The van der Waals surface area contributed by atoms with E-state index in [1.54, 1.807) is 22.6 Å². The first kappa shape index (κ1) is 14.9. The number of aromatic nitrogens is 1. The highest BCUT2D eigenvalue weighted by Gasteiger charge is 2.40. The summed E-state index contributed by atoms with van der Waals surface area (Å²) in [6.45, 7) is 0.778. The molecule has 0 amide bonds. The van der Waals surface area contributed by atoms with Crippen molar-refractivity contribution < 1.29 is 8.42 Å². The van der Waals surface area contributed by atoms with Gasteiger partial charge in [0.05, 0.1) is 5.69 Å². The molecule has 1 aliphatic carbocycles. The molecule has 21 heavy (non-hydrogen) atoms. The average molecular weight is 309 g/mol. The lowest BCUT2D eigenvalue weighted by atomic mass is 9.79. The SMILES string of the molecule is NCc1ncccc1S(=O)(=O)N1CCC[C@H]2CCCC[C@H]21. The van der Waals surface area contributed by atoms with Gasteiger partial charge in [-0.3, -0.25) is 4.98 Å². The maximum Gasteiger partial charge on any atom is 0.245 e. The van der Waals surface area contributed by atoms with E-state index in [9.17, 15) is 8.42 Å². The monoisotopic (exact) mass is 309 g/mol. The van der Waals surface area contributed by atoms with Crippen LogP contribution in [0.4, 0.5) is 0 Å². The highest BCUT2D eigenvalue weighted by atomic mass is 32.2. The molecule has 0 radical (unpaired) electrons. The van der Waals surface area contributed by atoms with E-state index in [0.29, 0.717) is 23.1 Å². The third-order valence-corrected chi connectivity index (χ3v) is 6.82. The molecule has 1 aromatic heterocycles. The summed E-state index contributed by atoms with van der Waals surface area (Å²) in [6.07, 6.45) is 8.22. The fourth-order valence-corrected chi connectivity index (χ4v) is 5.76. The topological polar surface area (TPSA) is 76.3 Å². The number of piperidine rings is 1. The van der Waals surface area contributed by atoms with E-state index < -0.39 is 10.0 Å². The van der Waals surface area contributed by atoms with Crippen molar-refractivity contribution in [1.29, 1.82) is 0 Å². The normalized spacial score (nSPS) is 27.3. The molecule has 1 saturated heterocycles. The van der Waals surface area contributed by atoms with E-state index in [-0.39, 0.29) is 12.6 Å². The van der Waals surface area contributed by atoms with E-state index in [2.05, 4.69) is 4.98 Å². The first-order valence-electron chi connectivity index (χ1n) is 7.80. The van der Waals surface area contributed by atoms with Crippen LogP contribution >= 0.6 is 0 Å². The third kappa shape index (κ3) is 2.72. The summed E-state index contributed by atoms with van der Waals surface area (Å²) in [7, 11) is -3.48. The van der Waals surface area contributed by atoms with E-state index in [1.807, 2.05) is 0 Å². The van der Waals surface area contributed by atoms with Gasteiger partial charge in [0.15, 0.2) is 0 Å². The van der Waals surface area contributed by atoms with Gasteiger partial charge < -0.3 is 5.73 Å². The minimum Gasteiger partial charge on any atom is -0.325 e. The van der Waals surface area contributed by atoms with E-state index in [1.165, 1.54) is 6.42 Å². The highest BCUT2D eigenvalue weighted by molar-refractivity contribution is 7.89. The maximum absolute atomic E-state index is 13.1. The lowest BCUT2D eigenvalue weighted by Crippen LogP contribution is -2.49. The van der Waals surface area contributed by atoms with Gasteiger partial charge in [-0.15, -0.1) is 0 Å². The van der Waals surface area contributed by atoms with Crippen LogP contribution < -0.4 is 5.73 Å². The van der Waals surface area contributed by atoms with Gasteiger partial charge in [0, 0.05) is 25.3 Å². The summed E-state index contributed by atoms with van der Waals surface area (Å²) in [5, 5.41) is 0. The molecular weight excluding hydrogens is 286 g/mol. The summed E-state index contributed by atoms with van der Waals surface area (Å²) < 4.78 is 27.8. The third-order valence-electron chi connectivity index (χ3n) is 4.82. The molecule has 1 aromatic rings. The van der Waals surface area contributed by atoms with Crippen LogP contribution in [-0.2, 0) is 16.6 Å². The van der Waals surface area contributed by atoms with Crippen molar-refractivity contribution in [2.24, 2.45) is 11.7 Å². The van der Waals surface area contributed by atoms with E-state index >= 15 is 0 Å². The smallest absolute Gasteiger partial charge is 0.245 e. The lowest BCUT2D eigenvalue weighted by molar-refractivity contribution is 0.129. The van der Waals surface area contributed by atoms with Crippen molar-refractivity contribution in [3.63, 3.8) is 0 Å². The number of nitrogens with two attached hydrogens (primary N) is 1. The Bertz CT molecular complexity index is 601. The van der Waals surface area contributed by atoms with Gasteiger partial charge in [0.25, 0.3) is 0 Å². The van der Waals surface area contributed by atoms with Crippen LogP contribution in [0, 0.1) is 5.92 Å². The second-order valence-corrected chi connectivity index (χ2v) is 7.88. The molecule has 0 aromatic carbocycles. The molecule has 1 aliphatic heterocycles. The zero-order chi connectivity index (χ0) is 14.9. The van der Waals surface area contributed by atoms with Gasteiger partial charge >= 0.3 is 0 Å². The van der Waals surface area contributed by atoms with Gasteiger partial charge in [-0.1, -0.05) is 12.8 Å². The Hall–Kier alpha value is -0.980. The standard InChI is InChI=1S/C15H23N3O2S/c16-11-13-15(8-3-9-17-13)21(19,20)18-10-4-6-12-5-1-2-7-14(12)18/h3,8-9,12,14H,1-2,4-7,10-11,16H2/t12-,14-/m1/s1. The Balaban J connectivity index is 1.96. The van der Waals surface area contributed by atoms with Crippen molar-refractivity contribution >= 4 is 10.0 Å². The maximum atomic E-state index is 13.1. The zero-order valence-electron chi connectivity index (χ0n) is 12.2.